The lowest BCUT2D eigenvalue weighted by Gasteiger charge is -2.30. The highest BCUT2D eigenvalue weighted by Crippen LogP contribution is 2.29. The quantitative estimate of drug-likeness (QED) is 0.261. The van der Waals surface area contributed by atoms with Crippen molar-refractivity contribution in [2.45, 2.75) is 56.0 Å². The zero-order valence-corrected chi connectivity index (χ0v) is 23.1. The number of carbonyl (C=O) groups excluding carboxylic acids is 2. The fourth-order valence-electron chi connectivity index (χ4n) is 5.50. The Bertz CT molecular complexity index is 1350. The first kappa shape index (κ1) is 30.6. The van der Waals surface area contributed by atoms with Gasteiger partial charge in [-0.1, -0.05) is 30.3 Å². The first-order valence-electron chi connectivity index (χ1n) is 13.8. The van der Waals surface area contributed by atoms with Crippen molar-refractivity contribution in [3.05, 3.63) is 77.5 Å². The zero-order valence-electron chi connectivity index (χ0n) is 23.1. The van der Waals surface area contributed by atoms with E-state index >= 15 is 0 Å². The number of likely N-dealkylation sites (tertiary alicyclic amines) is 1. The van der Waals surface area contributed by atoms with E-state index in [2.05, 4.69) is 17.3 Å². The van der Waals surface area contributed by atoms with Crippen molar-refractivity contribution in [2.75, 3.05) is 26.7 Å². The number of hydrogen-bond donors (Lipinski definition) is 4. The smallest absolute Gasteiger partial charge is 0.345 e. The van der Waals surface area contributed by atoms with Gasteiger partial charge in [0.15, 0.2) is 5.78 Å². The molecular weight excluding hydrogens is 533 g/mol. The SMILES string of the molecule is C[N+]1(CCC[C@H](N)C(=O)N[C@@H](Cc2ccc(C(F)(F)F)cc2)C(=O)Cc2cnc3ccccc3c2)C[C@H](N)[C@@H](N)C1. The summed E-state index contributed by atoms with van der Waals surface area (Å²) in [7, 11) is 2.08. The first-order valence-corrected chi connectivity index (χ1v) is 13.8. The lowest BCUT2D eigenvalue weighted by Crippen LogP contribution is -2.50. The molecular formula is C30H38F3N6O2+. The summed E-state index contributed by atoms with van der Waals surface area (Å²) in [6.07, 6.45) is -1.76. The van der Waals surface area contributed by atoms with E-state index in [4.69, 9.17) is 17.2 Å². The number of para-hydroxylation sites is 1. The Balaban J connectivity index is 1.43. The third-order valence-corrected chi connectivity index (χ3v) is 7.85. The van der Waals surface area contributed by atoms with Crippen molar-refractivity contribution in [1.82, 2.24) is 10.3 Å². The van der Waals surface area contributed by atoms with E-state index in [1.54, 1.807) is 6.20 Å². The number of nitrogens with zero attached hydrogens (tertiary/aromatic N) is 2. The van der Waals surface area contributed by atoms with Crippen LogP contribution in [0.25, 0.3) is 10.9 Å². The van der Waals surface area contributed by atoms with Crippen LogP contribution in [-0.2, 0) is 28.6 Å². The van der Waals surface area contributed by atoms with E-state index < -0.39 is 29.7 Å². The lowest BCUT2D eigenvalue weighted by molar-refractivity contribution is -0.898. The molecule has 1 saturated heterocycles. The van der Waals surface area contributed by atoms with E-state index in [-0.39, 0.29) is 30.7 Å². The fraction of sp³-hybridized carbons (Fsp3) is 0.433. The number of nitrogens with one attached hydrogen (secondary N) is 1. The molecule has 0 saturated carbocycles. The predicted octanol–water partition coefficient (Wildman–Crippen LogP) is 2.32. The van der Waals surface area contributed by atoms with Gasteiger partial charge in [-0.15, -0.1) is 0 Å². The van der Waals surface area contributed by atoms with Crippen molar-refractivity contribution >= 4 is 22.6 Å². The minimum atomic E-state index is -4.47. The molecule has 0 radical (unpaired) electrons. The second-order valence-corrected chi connectivity index (χ2v) is 11.4. The summed E-state index contributed by atoms with van der Waals surface area (Å²) in [5, 5.41) is 3.64. The highest BCUT2D eigenvalue weighted by atomic mass is 19.4. The maximum atomic E-state index is 13.4. The number of amides is 1. The molecule has 2 aromatic carbocycles. The van der Waals surface area contributed by atoms with Crippen molar-refractivity contribution in [1.29, 1.82) is 0 Å². The molecule has 4 atom stereocenters. The van der Waals surface area contributed by atoms with Crippen molar-refractivity contribution in [3.8, 4) is 0 Å². The number of ketones is 1. The van der Waals surface area contributed by atoms with Crippen LogP contribution in [0.4, 0.5) is 13.2 Å². The van der Waals surface area contributed by atoms with Crippen molar-refractivity contribution < 1.29 is 27.2 Å². The van der Waals surface area contributed by atoms with Gasteiger partial charge < -0.3 is 27.0 Å². The Morgan fingerprint density at radius 2 is 1.71 bits per heavy atom. The van der Waals surface area contributed by atoms with Gasteiger partial charge in [0.2, 0.25) is 5.91 Å². The minimum Gasteiger partial charge on any atom is -0.345 e. The number of carbonyl (C=O) groups is 2. The lowest BCUT2D eigenvalue weighted by atomic mass is 9.96. The number of pyridine rings is 1. The largest absolute Gasteiger partial charge is 0.416 e. The second kappa shape index (κ2) is 12.6. The minimum absolute atomic E-state index is 0.00496. The Morgan fingerprint density at radius 1 is 1.05 bits per heavy atom. The van der Waals surface area contributed by atoms with Crippen LogP contribution < -0.4 is 22.5 Å². The van der Waals surface area contributed by atoms with Crippen LogP contribution in [0.1, 0.15) is 29.5 Å². The first-order chi connectivity index (χ1) is 19.3. The summed E-state index contributed by atoms with van der Waals surface area (Å²) >= 11 is 0. The Kier molecular flexibility index (Phi) is 9.43. The van der Waals surface area contributed by atoms with Gasteiger partial charge in [0.1, 0.15) is 0 Å². The number of rotatable bonds is 11. The van der Waals surface area contributed by atoms with Crippen molar-refractivity contribution in [3.63, 3.8) is 0 Å². The number of nitrogens with two attached hydrogens (primary N) is 3. The topological polar surface area (TPSA) is 137 Å². The van der Waals surface area contributed by atoms with Crippen LogP contribution in [0.5, 0.6) is 0 Å². The molecule has 4 rings (SSSR count). The molecule has 11 heteroatoms. The molecule has 8 nitrogen and oxygen atoms in total. The molecule has 0 spiro atoms. The van der Waals surface area contributed by atoms with E-state index in [0.29, 0.717) is 28.5 Å². The average molecular weight is 572 g/mol. The molecule has 220 valence electrons. The molecule has 3 aromatic rings. The second-order valence-electron chi connectivity index (χ2n) is 11.4. The molecule has 0 unspecified atom stereocenters. The molecule has 1 aromatic heterocycles. The van der Waals surface area contributed by atoms with Crippen LogP contribution >= 0.6 is 0 Å². The summed E-state index contributed by atoms with van der Waals surface area (Å²) in [5.74, 6) is -0.773. The van der Waals surface area contributed by atoms with Gasteiger partial charge in [0, 0.05) is 18.0 Å². The third kappa shape index (κ3) is 8.10. The standard InChI is InChI=1S/C30H37F3N6O2/c1-39(17-24(35)25(36)18-39)12-4-6-23(34)29(41)38-27(14-19-8-10-22(11-9-19)30(31,32)33)28(40)15-20-13-21-5-2-3-7-26(21)37-16-20/h2-3,5,7-11,13,16,23-25,27H,4,6,12,14-15,17-18,34-36H2,1H3/p+1/t23-,24-,25-,27-/m0/s1. The number of quaternary nitrogens is 1. The third-order valence-electron chi connectivity index (χ3n) is 7.85. The number of hydrogen-bond acceptors (Lipinski definition) is 6. The summed E-state index contributed by atoms with van der Waals surface area (Å²) in [6.45, 7) is 2.29. The van der Waals surface area contributed by atoms with Gasteiger partial charge in [-0.2, -0.15) is 13.2 Å². The van der Waals surface area contributed by atoms with Gasteiger partial charge in [0.05, 0.1) is 61.9 Å². The fourth-order valence-corrected chi connectivity index (χ4v) is 5.50. The normalized spacial score (nSPS) is 20.1. The van der Waals surface area contributed by atoms with E-state index in [0.717, 1.165) is 42.7 Å². The maximum Gasteiger partial charge on any atom is 0.416 e. The molecule has 1 fully saturated rings. The van der Waals surface area contributed by atoms with Crippen LogP contribution in [0.15, 0.2) is 60.8 Å². The Labute approximate surface area is 237 Å². The molecule has 41 heavy (non-hydrogen) atoms. The number of Topliss-reactive ketones (excluding diaryl/α,β-unsaturated/α-hetero) is 1. The highest BCUT2D eigenvalue weighted by molar-refractivity contribution is 5.92. The number of alkyl halides is 3. The number of fused-ring (bicyclic) bond motifs is 1. The molecule has 7 N–H and O–H groups in total. The summed E-state index contributed by atoms with van der Waals surface area (Å²) in [5.41, 5.74) is 19.5. The summed E-state index contributed by atoms with van der Waals surface area (Å²) < 4.78 is 39.8. The number of aromatic nitrogens is 1. The molecule has 1 amide bonds. The number of benzene rings is 2. The Hall–Kier alpha value is -3.38. The summed E-state index contributed by atoms with van der Waals surface area (Å²) in [4.78, 5) is 30.9. The van der Waals surface area contributed by atoms with Crippen LogP contribution in [-0.4, -0.2) is 72.0 Å². The molecule has 1 aliphatic rings. The number of likely N-dealkylation sites (N-methyl/N-ethyl adjacent to an activating group) is 1. The zero-order chi connectivity index (χ0) is 29.8. The van der Waals surface area contributed by atoms with Gasteiger partial charge >= 0.3 is 6.18 Å². The van der Waals surface area contributed by atoms with E-state index in [1.165, 1.54) is 12.1 Å². The van der Waals surface area contributed by atoms with Gasteiger partial charge in [0.25, 0.3) is 0 Å². The highest BCUT2D eigenvalue weighted by Gasteiger charge is 2.38. The molecule has 0 aliphatic carbocycles. The molecule has 0 bridgehead atoms. The van der Waals surface area contributed by atoms with Crippen molar-refractivity contribution in [2.24, 2.45) is 17.2 Å². The van der Waals surface area contributed by atoms with Gasteiger partial charge in [-0.25, -0.2) is 0 Å². The average Bonchev–Trinajstić information content (AvgIpc) is 3.18. The predicted molar refractivity (Wildman–Crippen MR) is 151 cm³/mol. The molecule has 2 heterocycles. The summed E-state index contributed by atoms with van der Waals surface area (Å²) in [6, 6.07) is 12.0. The Morgan fingerprint density at radius 3 is 2.37 bits per heavy atom. The maximum absolute atomic E-state index is 13.4. The van der Waals surface area contributed by atoms with Crippen LogP contribution in [0.3, 0.4) is 0 Å². The number of halogens is 3. The van der Waals surface area contributed by atoms with Gasteiger partial charge in [-0.3, -0.25) is 14.6 Å². The van der Waals surface area contributed by atoms with Crippen LogP contribution in [0, 0.1) is 0 Å². The monoisotopic (exact) mass is 571 g/mol. The van der Waals surface area contributed by atoms with Gasteiger partial charge in [-0.05, 0) is 54.7 Å². The van der Waals surface area contributed by atoms with E-state index in [1.807, 2.05) is 30.3 Å². The molecule has 1 aliphatic heterocycles. The van der Waals surface area contributed by atoms with E-state index in [9.17, 15) is 22.8 Å². The van der Waals surface area contributed by atoms with Crippen LogP contribution in [0.2, 0.25) is 0 Å².